The van der Waals surface area contributed by atoms with E-state index >= 15 is 0 Å². The Labute approximate surface area is 116 Å². The minimum Gasteiger partial charge on any atom is -0.309 e. The lowest BCUT2D eigenvalue weighted by molar-refractivity contribution is 0.419. The Morgan fingerprint density at radius 2 is 2.00 bits per heavy atom. The number of hydrogen-bond acceptors (Lipinski definition) is 4. The van der Waals surface area contributed by atoms with E-state index in [9.17, 15) is 8.42 Å². The van der Waals surface area contributed by atoms with E-state index in [0.29, 0.717) is 0 Å². The van der Waals surface area contributed by atoms with Crippen molar-refractivity contribution in [2.24, 2.45) is 0 Å². The summed E-state index contributed by atoms with van der Waals surface area (Å²) in [4.78, 5) is 4.27. The molecule has 1 unspecified atom stereocenters. The number of nitrogens with zero attached hydrogens (tertiary/aromatic N) is 1. The summed E-state index contributed by atoms with van der Waals surface area (Å²) in [6.07, 6.45) is 4.00. The normalized spacial score (nSPS) is 14.4. The molecule has 1 heterocycles. The maximum Gasteiger partial charge on any atom is 0.154 e. The third-order valence-electron chi connectivity index (χ3n) is 3.52. The van der Waals surface area contributed by atoms with E-state index in [1.807, 2.05) is 19.1 Å². The van der Waals surface area contributed by atoms with E-state index in [0.717, 1.165) is 24.2 Å². The number of aromatic nitrogens is 1. The Morgan fingerprint density at radius 3 is 2.42 bits per heavy atom. The molecule has 0 aliphatic heterocycles. The zero-order chi connectivity index (χ0) is 14.7. The highest BCUT2D eigenvalue weighted by Crippen LogP contribution is 2.31. The second-order valence-corrected chi connectivity index (χ2v) is 8.09. The van der Waals surface area contributed by atoms with Crippen LogP contribution >= 0.6 is 0 Å². The van der Waals surface area contributed by atoms with Crippen molar-refractivity contribution in [1.82, 2.24) is 10.3 Å². The van der Waals surface area contributed by atoms with Crippen molar-refractivity contribution >= 4 is 9.84 Å². The molecule has 0 aromatic carbocycles. The van der Waals surface area contributed by atoms with Crippen LogP contribution in [0, 0.1) is 6.92 Å². The van der Waals surface area contributed by atoms with E-state index in [1.165, 1.54) is 6.26 Å². The van der Waals surface area contributed by atoms with Crippen molar-refractivity contribution in [2.45, 2.75) is 44.9 Å². The molecule has 0 radical (unpaired) electrons. The van der Waals surface area contributed by atoms with Gasteiger partial charge in [-0.25, -0.2) is 8.42 Å². The summed E-state index contributed by atoms with van der Waals surface area (Å²) in [7, 11) is -3.18. The predicted octanol–water partition coefficient (Wildman–Crippen LogP) is 2.25. The molecule has 0 bridgehead atoms. The summed E-state index contributed by atoms with van der Waals surface area (Å²) >= 11 is 0. The average molecular weight is 284 g/mol. The second-order valence-electron chi connectivity index (χ2n) is 5.50. The number of hydrogen-bond donors (Lipinski definition) is 1. The van der Waals surface area contributed by atoms with Crippen molar-refractivity contribution in [1.29, 1.82) is 0 Å². The summed E-state index contributed by atoms with van der Waals surface area (Å²) < 4.78 is 23.2. The largest absolute Gasteiger partial charge is 0.309 e. The van der Waals surface area contributed by atoms with E-state index in [2.05, 4.69) is 17.2 Å². The molecule has 1 aromatic heterocycles. The molecule has 1 atom stereocenters. The van der Waals surface area contributed by atoms with Crippen LogP contribution in [0.5, 0.6) is 0 Å². The molecule has 0 spiro atoms. The van der Waals surface area contributed by atoms with Crippen molar-refractivity contribution < 1.29 is 8.42 Å². The van der Waals surface area contributed by atoms with Gasteiger partial charge in [-0.15, -0.1) is 0 Å². The highest BCUT2D eigenvalue weighted by atomic mass is 32.2. The van der Waals surface area contributed by atoms with Crippen LogP contribution in [-0.4, -0.2) is 30.9 Å². The lowest BCUT2D eigenvalue weighted by Gasteiger charge is -2.33. The molecule has 1 rings (SSSR count). The first-order valence-electron chi connectivity index (χ1n) is 6.55. The van der Waals surface area contributed by atoms with Gasteiger partial charge in [-0.05, 0) is 45.4 Å². The van der Waals surface area contributed by atoms with Gasteiger partial charge in [0.1, 0.15) is 0 Å². The fourth-order valence-corrected chi connectivity index (χ4v) is 2.57. The summed E-state index contributed by atoms with van der Waals surface area (Å²) in [5, 5.41) is 3.33. The zero-order valence-electron chi connectivity index (χ0n) is 12.4. The van der Waals surface area contributed by atoms with Crippen molar-refractivity contribution in [3.8, 4) is 0 Å². The predicted molar refractivity (Wildman–Crippen MR) is 78.9 cm³/mol. The van der Waals surface area contributed by atoms with Crippen LogP contribution in [0.3, 0.4) is 0 Å². The standard InChI is InChI=1S/C14H24N2O2S/c1-6-9-15-13(14(3,4)19(5,17)18)12-8-7-11(2)16-10-12/h7-8,10,13,15H,6,9H2,1-5H3. The van der Waals surface area contributed by atoms with Gasteiger partial charge in [0.15, 0.2) is 9.84 Å². The first-order valence-corrected chi connectivity index (χ1v) is 8.44. The van der Waals surface area contributed by atoms with Gasteiger partial charge < -0.3 is 5.32 Å². The van der Waals surface area contributed by atoms with Gasteiger partial charge in [0, 0.05) is 18.1 Å². The number of pyridine rings is 1. The van der Waals surface area contributed by atoms with Gasteiger partial charge in [-0.3, -0.25) is 4.98 Å². The maximum atomic E-state index is 12.0. The lowest BCUT2D eigenvalue weighted by atomic mass is 9.96. The molecular formula is C14H24N2O2S. The van der Waals surface area contributed by atoms with Crippen LogP contribution in [-0.2, 0) is 9.84 Å². The Balaban J connectivity index is 3.18. The smallest absolute Gasteiger partial charge is 0.154 e. The molecule has 0 aliphatic rings. The van der Waals surface area contributed by atoms with E-state index < -0.39 is 14.6 Å². The Hall–Kier alpha value is -0.940. The molecule has 1 N–H and O–H groups in total. The van der Waals surface area contributed by atoms with E-state index in [-0.39, 0.29) is 6.04 Å². The van der Waals surface area contributed by atoms with Gasteiger partial charge in [0.05, 0.1) is 10.8 Å². The molecular weight excluding hydrogens is 260 g/mol. The molecule has 0 aliphatic carbocycles. The van der Waals surface area contributed by atoms with Crippen LogP contribution in [0.25, 0.3) is 0 Å². The van der Waals surface area contributed by atoms with Crippen LogP contribution < -0.4 is 5.32 Å². The fourth-order valence-electron chi connectivity index (χ4n) is 1.92. The van der Waals surface area contributed by atoms with Gasteiger partial charge in [-0.2, -0.15) is 0 Å². The van der Waals surface area contributed by atoms with E-state index in [1.54, 1.807) is 20.0 Å². The molecule has 1 aromatic rings. The Morgan fingerprint density at radius 1 is 1.37 bits per heavy atom. The highest BCUT2D eigenvalue weighted by Gasteiger charge is 2.39. The summed E-state index contributed by atoms with van der Waals surface area (Å²) in [5.41, 5.74) is 1.84. The quantitative estimate of drug-likeness (QED) is 0.870. The van der Waals surface area contributed by atoms with Gasteiger partial charge in [0.2, 0.25) is 0 Å². The van der Waals surface area contributed by atoms with Gasteiger partial charge in [0.25, 0.3) is 0 Å². The topological polar surface area (TPSA) is 59.1 Å². The summed E-state index contributed by atoms with van der Waals surface area (Å²) in [5.74, 6) is 0. The third-order valence-corrected chi connectivity index (χ3v) is 5.66. The van der Waals surface area contributed by atoms with Crippen LogP contribution in [0.2, 0.25) is 0 Å². The van der Waals surface area contributed by atoms with Crippen molar-refractivity contribution in [3.05, 3.63) is 29.6 Å². The number of aryl methyl sites for hydroxylation is 1. The molecule has 4 nitrogen and oxygen atoms in total. The first kappa shape index (κ1) is 16.1. The number of rotatable bonds is 6. The monoisotopic (exact) mass is 284 g/mol. The summed E-state index contributed by atoms with van der Waals surface area (Å²) in [6, 6.07) is 3.60. The van der Waals surface area contributed by atoms with E-state index in [4.69, 9.17) is 0 Å². The van der Waals surface area contributed by atoms with Gasteiger partial charge in [-0.1, -0.05) is 13.0 Å². The average Bonchev–Trinajstić information content (AvgIpc) is 2.30. The van der Waals surface area contributed by atoms with Crippen molar-refractivity contribution in [3.63, 3.8) is 0 Å². The fraction of sp³-hybridized carbons (Fsp3) is 0.643. The van der Waals surface area contributed by atoms with Crippen LogP contribution in [0.15, 0.2) is 18.3 Å². The molecule has 19 heavy (non-hydrogen) atoms. The summed E-state index contributed by atoms with van der Waals surface area (Å²) in [6.45, 7) is 8.27. The SMILES string of the molecule is CCCNC(c1ccc(C)nc1)C(C)(C)S(C)(=O)=O. The Bertz CT molecular complexity index is 507. The van der Waals surface area contributed by atoms with Gasteiger partial charge >= 0.3 is 0 Å². The second kappa shape index (κ2) is 6.01. The zero-order valence-corrected chi connectivity index (χ0v) is 13.2. The van der Waals surface area contributed by atoms with Crippen molar-refractivity contribution in [2.75, 3.05) is 12.8 Å². The molecule has 0 fully saturated rings. The number of sulfone groups is 1. The number of nitrogens with one attached hydrogen (secondary N) is 1. The molecule has 0 saturated heterocycles. The molecule has 0 saturated carbocycles. The first-order chi connectivity index (χ1) is 8.70. The minimum atomic E-state index is -3.18. The molecule has 5 heteroatoms. The maximum absolute atomic E-state index is 12.0. The Kier molecular flexibility index (Phi) is 5.10. The lowest BCUT2D eigenvalue weighted by Crippen LogP contribution is -2.45. The molecule has 0 amide bonds. The third kappa shape index (κ3) is 3.76. The van der Waals surface area contributed by atoms with Crippen LogP contribution in [0.4, 0.5) is 0 Å². The minimum absolute atomic E-state index is 0.254. The highest BCUT2D eigenvalue weighted by molar-refractivity contribution is 7.92. The van der Waals surface area contributed by atoms with Crippen LogP contribution in [0.1, 0.15) is 44.5 Å². The molecule has 108 valence electrons.